The number of fused-ring (bicyclic) bond motifs is 1. The fraction of sp³-hybridized carbons (Fsp3) is 0.115. The smallest absolute Gasteiger partial charge is 0.256 e. The highest BCUT2D eigenvalue weighted by Gasteiger charge is 2.32. The molecule has 0 bridgehead atoms. The highest BCUT2D eigenvalue weighted by molar-refractivity contribution is 8.04. The number of halogens is 1. The molecule has 1 aromatic carbocycles. The summed E-state index contributed by atoms with van der Waals surface area (Å²) in [5.41, 5.74) is 10.2. The SMILES string of the molecule is Cc1nc(-c2ccc(F)cc2)c(-c2ccc3nc(N4C=C(C(N)=O)SC4c4ccncc4)cn3n2)n1C. The second-order valence-electron chi connectivity index (χ2n) is 8.56. The number of rotatable bonds is 5. The van der Waals surface area contributed by atoms with E-state index < -0.39 is 5.91 Å². The number of amides is 1. The van der Waals surface area contributed by atoms with Crippen LogP contribution in [0.5, 0.6) is 0 Å². The number of aromatic nitrogens is 6. The molecule has 5 heterocycles. The molecule has 0 saturated carbocycles. The van der Waals surface area contributed by atoms with Gasteiger partial charge in [0.25, 0.3) is 5.91 Å². The van der Waals surface area contributed by atoms with E-state index in [1.165, 1.54) is 23.9 Å². The fourth-order valence-electron chi connectivity index (χ4n) is 4.30. The summed E-state index contributed by atoms with van der Waals surface area (Å²) >= 11 is 1.37. The lowest BCUT2D eigenvalue weighted by atomic mass is 10.1. The Balaban J connectivity index is 1.43. The van der Waals surface area contributed by atoms with Crippen LogP contribution in [-0.4, -0.2) is 35.0 Å². The number of carbonyl (C=O) groups excluding carboxylic acids is 1. The zero-order valence-corrected chi connectivity index (χ0v) is 20.7. The zero-order valence-electron chi connectivity index (χ0n) is 19.9. The molecule has 2 N–H and O–H groups in total. The third-order valence-electron chi connectivity index (χ3n) is 6.23. The number of benzene rings is 1. The first-order valence-corrected chi connectivity index (χ1v) is 12.3. The molecule has 1 aliphatic rings. The van der Waals surface area contributed by atoms with E-state index in [4.69, 9.17) is 20.8 Å². The van der Waals surface area contributed by atoms with Crippen LogP contribution in [0.15, 0.2) is 78.2 Å². The van der Waals surface area contributed by atoms with Crippen molar-refractivity contribution in [2.75, 3.05) is 4.90 Å². The van der Waals surface area contributed by atoms with Crippen molar-refractivity contribution >= 4 is 29.1 Å². The van der Waals surface area contributed by atoms with Gasteiger partial charge in [0.05, 0.1) is 22.5 Å². The lowest BCUT2D eigenvalue weighted by molar-refractivity contribution is -0.113. The molecule has 1 aliphatic heterocycles. The van der Waals surface area contributed by atoms with E-state index in [9.17, 15) is 9.18 Å². The molecule has 0 aliphatic carbocycles. The van der Waals surface area contributed by atoms with Crippen molar-refractivity contribution < 1.29 is 9.18 Å². The summed E-state index contributed by atoms with van der Waals surface area (Å²) in [6, 6.07) is 13.8. The molecule has 0 radical (unpaired) electrons. The fourth-order valence-corrected chi connectivity index (χ4v) is 5.41. The molecule has 1 unspecified atom stereocenters. The molecule has 6 rings (SSSR count). The average molecular weight is 513 g/mol. The second-order valence-corrected chi connectivity index (χ2v) is 9.68. The van der Waals surface area contributed by atoms with Crippen LogP contribution in [0.3, 0.4) is 0 Å². The van der Waals surface area contributed by atoms with E-state index in [2.05, 4.69) is 4.98 Å². The predicted octanol–water partition coefficient (Wildman–Crippen LogP) is 4.22. The Morgan fingerprint density at radius 1 is 1.05 bits per heavy atom. The molecule has 9 nitrogen and oxygen atoms in total. The van der Waals surface area contributed by atoms with Gasteiger partial charge in [0, 0.05) is 31.2 Å². The van der Waals surface area contributed by atoms with Crippen molar-refractivity contribution in [1.82, 2.24) is 29.1 Å². The van der Waals surface area contributed by atoms with E-state index in [1.807, 2.05) is 53.9 Å². The summed E-state index contributed by atoms with van der Waals surface area (Å²) < 4.78 is 17.2. The van der Waals surface area contributed by atoms with Gasteiger partial charge in [0.15, 0.2) is 11.5 Å². The first kappa shape index (κ1) is 22.9. The van der Waals surface area contributed by atoms with E-state index in [1.54, 1.807) is 35.2 Å². The number of nitrogens with two attached hydrogens (primary N) is 1. The molecule has 1 amide bonds. The number of thioether (sulfide) groups is 1. The number of carbonyl (C=O) groups is 1. The number of anilines is 1. The summed E-state index contributed by atoms with van der Waals surface area (Å²) in [4.78, 5) is 27.9. The van der Waals surface area contributed by atoms with Gasteiger partial charge < -0.3 is 15.2 Å². The van der Waals surface area contributed by atoms with Crippen LogP contribution in [-0.2, 0) is 11.8 Å². The van der Waals surface area contributed by atoms with Crippen LogP contribution < -0.4 is 10.6 Å². The maximum absolute atomic E-state index is 13.5. The molecule has 184 valence electrons. The van der Waals surface area contributed by atoms with Crippen LogP contribution in [0.4, 0.5) is 10.2 Å². The number of imidazole rings is 2. The highest BCUT2D eigenvalue weighted by Crippen LogP contribution is 2.45. The maximum Gasteiger partial charge on any atom is 0.256 e. The van der Waals surface area contributed by atoms with Crippen molar-refractivity contribution in [2.24, 2.45) is 12.8 Å². The predicted molar refractivity (Wildman–Crippen MR) is 140 cm³/mol. The Morgan fingerprint density at radius 3 is 2.54 bits per heavy atom. The Hall–Kier alpha value is -4.51. The summed E-state index contributed by atoms with van der Waals surface area (Å²) in [7, 11) is 1.92. The van der Waals surface area contributed by atoms with Crippen LogP contribution in [0.2, 0.25) is 0 Å². The minimum atomic E-state index is -0.490. The summed E-state index contributed by atoms with van der Waals surface area (Å²) in [5, 5.41) is 4.61. The normalized spacial score (nSPS) is 15.4. The van der Waals surface area contributed by atoms with E-state index in [0.29, 0.717) is 22.1 Å². The van der Waals surface area contributed by atoms with Gasteiger partial charge in [-0.1, -0.05) is 11.8 Å². The second kappa shape index (κ2) is 8.86. The van der Waals surface area contributed by atoms with Crippen LogP contribution in [0.25, 0.3) is 28.3 Å². The van der Waals surface area contributed by atoms with Crippen molar-refractivity contribution in [3.05, 3.63) is 95.4 Å². The molecule has 1 atom stereocenters. The molecule has 0 spiro atoms. The number of pyridine rings is 1. The molecule has 37 heavy (non-hydrogen) atoms. The standard InChI is InChI=1S/C26H21FN8OS/c1-15-30-23(16-3-5-18(27)6-4-16)24(33(15)2)19-7-8-21-31-22(14-35(21)32-19)34-13-20(25(28)36)37-26(34)17-9-11-29-12-10-17/h3-14,26H,1-2H3,(H2,28,36). The zero-order chi connectivity index (χ0) is 25.7. The Bertz CT molecular complexity index is 1680. The van der Waals surface area contributed by atoms with E-state index in [0.717, 1.165) is 28.3 Å². The highest BCUT2D eigenvalue weighted by atomic mass is 32.2. The maximum atomic E-state index is 13.5. The number of hydrogen-bond donors (Lipinski definition) is 1. The molecular formula is C26H21FN8OS. The van der Waals surface area contributed by atoms with Crippen LogP contribution in [0, 0.1) is 12.7 Å². The van der Waals surface area contributed by atoms with Gasteiger partial charge >= 0.3 is 0 Å². The molecule has 0 saturated heterocycles. The van der Waals surface area contributed by atoms with Gasteiger partial charge in [-0.25, -0.2) is 18.9 Å². The van der Waals surface area contributed by atoms with Crippen molar-refractivity contribution in [3.63, 3.8) is 0 Å². The lowest BCUT2D eigenvalue weighted by Gasteiger charge is -2.22. The van der Waals surface area contributed by atoms with Crippen molar-refractivity contribution in [2.45, 2.75) is 12.3 Å². The first-order valence-electron chi connectivity index (χ1n) is 11.4. The quantitative estimate of drug-likeness (QED) is 0.376. The lowest BCUT2D eigenvalue weighted by Crippen LogP contribution is -2.17. The topological polar surface area (TPSA) is 107 Å². The summed E-state index contributed by atoms with van der Waals surface area (Å²) in [6.45, 7) is 1.91. The monoisotopic (exact) mass is 512 g/mol. The van der Waals surface area contributed by atoms with Gasteiger partial charge in [0.2, 0.25) is 0 Å². The van der Waals surface area contributed by atoms with Gasteiger partial charge in [-0.15, -0.1) is 0 Å². The number of nitrogens with zero attached hydrogens (tertiary/aromatic N) is 7. The van der Waals surface area contributed by atoms with Gasteiger partial charge in [-0.05, 0) is 61.0 Å². The first-order chi connectivity index (χ1) is 17.9. The number of aryl methyl sites for hydroxylation is 1. The number of hydrogen-bond acceptors (Lipinski definition) is 7. The van der Waals surface area contributed by atoms with Gasteiger partial charge in [0.1, 0.15) is 22.7 Å². The van der Waals surface area contributed by atoms with Crippen molar-refractivity contribution in [3.8, 4) is 22.6 Å². The average Bonchev–Trinajstić information content (AvgIpc) is 3.60. The number of primary amides is 1. The molecule has 0 fully saturated rings. The van der Waals surface area contributed by atoms with Crippen LogP contribution >= 0.6 is 11.8 Å². The molecule has 4 aromatic heterocycles. The Kier molecular flexibility index (Phi) is 5.49. The van der Waals surface area contributed by atoms with Gasteiger partial charge in [-0.3, -0.25) is 9.78 Å². The third-order valence-corrected chi connectivity index (χ3v) is 7.52. The molecule has 5 aromatic rings. The van der Waals surface area contributed by atoms with Crippen molar-refractivity contribution in [1.29, 1.82) is 0 Å². The largest absolute Gasteiger partial charge is 0.365 e. The Morgan fingerprint density at radius 2 is 1.81 bits per heavy atom. The summed E-state index contributed by atoms with van der Waals surface area (Å²) in [6.07, 6.45) is 6.96. The third kappa shape index (κ3) is 4.02. The van der Waals surface area contributed by atoms with E-state index in [-0.39, 0.29) is 11.2 Å². The minimum Gasteiger partial charge on any atom is -0.365 e. The minimum absolute atomic E-state index is 0.223. The molecular weight excluding hydrogens is 491 g/mol. The summed E-state index contributed by atoms with van der Waals surface area (Å²) in [5.74, 6) is 0.633. The van der Waals surface area contributed by atoms with Crippen LogP contribution in [0.1, 0.15) is 16.8 Å². The molecule has 11 heteroatoms. The Labute approximate surface area is 215 Å². The van der Waals surface area contributed by atoms with Gasteiger partial charge in [-0.2, -0.15) is 5.10 Å². The van der Waals surface area contributed by atoms with E-state index >= 15 is 0 Å².